The van der Waals surface area contributed by atoms with Gasteiger partial charge in [0.2, 0.25) is 5.91 Å². The third-order valence-electron chi connectivity index (χ3n) is 5.22. The molecule has 0 aromatic carbocycles. The van der Waals surface area contributed by atoms with E-state index in [4.69, 9.17) is 9.47 Å². The van der Waals surface area contributed by atoms with Crippen LogP contribution in [-0.2, 0) is 23.9 Å². The second-order valence-electron chi connectivity index (χ2n) is 21.9. The molecule has 0 unspecified atom stereocenters. The Morgan fingerprint density at radius 2 is 0.852 bits per heavy atom. The van der Waals surface area contributed by atoms with Crippen LogP contribution in [0.4, 0.5) is 0 Å². The first kappa shape index (κ1) is 65.1. The molecule has 0 aromatic rings. The lowest BCUT2D eigenvalue weighted by atomic mass is 9.94. The van der Waals surface area contributed by atoms with Crippen LogP contribution in [0, 0.1) is 28.1 Å². The van der Waals surface area contributed by atoms with Crippen molar-refractivity contribution in [3.8, 4) is 0 Å². The highest BCUT2D eigenvalue weighted by Crippen LogP contribution is 2.32. The molecular formula is C46H99NO5S2. The quantitative estimate of drug-likeness (QED) is 0.268. The number of amides is 1. The minimum atomic E-state index is -0.396. The third-order valence-corrected chi connectivity index (χ3v) is 7.72. The SMILES string of the molecule is CC(C)(C)NC(=O)C(C)(C)C.CC(C)(C)OC(=O)C(C)(C)C.CC(C)(C)SC(=O)C(C)(C)C.CC(C)CC(C)C.CC(C)OC(C)C.CC(C)SC(C)C. The van der Waals surface area contributed by atoms with Gasteiger partial charge in [-0.3, -0.25) is 14.4 Å². The van der Waals surface area contributed by atoms with E-state index in [1.54, 1.807) is 0 Å². The zero-order chi connectivity index (χ0) is 45.4. The lowest BCUT2D eigenvalue weighted by molar-refractivity contribution is -0.164. The Morgan fingerprint density at radius 3 is 0.907 bits per heavy atom. The van der Waals surface area contributed by atoms with Crippen molar-refractivity contribution >= 4 is 40.5 Å². The first-order chi connectivity index (χ1) is 23.3. The van der Waals surface area contributed by atoms with Gasteiger partial charge >= 0.3 is 5.97 Å². The van der Waals surface area contributed by atoms with Gasteiger partial charge in [-0.05, 0) is 119 Å². The van der Waals surface area contributed by atoms with Gasteiger partial charge in [0.05, 0.1) is 17.6 Å². The van der Waals surface area contributed by atoms with E-state index in [9.17, 15) is 14.4 Å². The molecule has 0 bridgehead atoms. The van der Waals surface area contributed by atoms with Crippen LogP contribution in [0.15, 0.2) is 0 Å². The lowest BCUT2D eigenvalue weighted by Crippen LogP contribution is -2.46. The van der Waals surface area contributed by atoms with Gasteiger partial charge < -0.3 is 14.8 Å². The highest BCUT2D eigenvalue weighted by atomic mass is 32.2. The van der Waals surface area contributed by atoms with E-state index in [0.717, 1.165) is 22.3 Å². The molecule has 8 heteroatoms. The topological polar surface area (TPSA) is 81.7 Å². The number of ether oxygens (including phenoxy) is 2. The van der Waals surface area contributed by atoms with Crippen molar-refractivity contribution in [3.05, 3.63) is 0 Å². The van der Waals surface area contributed by atoms with E-state index < -0.39 is 5.41 Å². The largest absolute Gasteiger partial charge is 0.460 e. The van der Waals surface area contributed by atoms with Crippen LogP contribution in [0.2, 0.25) is 0 Å². The highest BCUT2D eigenvalue weighted by Gasteiger charge is 2.28. The molecule has 0 aromatic heterocycles. The van der Waals surface area contributed by atoms with Crippen LogP contribution in [-0.4, -0.2) is 55.6 Å². The van der Waals surface area contributed by atoms with Crippen molar-refractivity contribution in [2.45, 2.75) is 253 Å². The molecule has 54 heavy (non-hydrogen) atoms. The van der Waals surface area contributed by atoms with E-state index in [-0.39, 0.29) is 43.7 Å². The summed E-state index contributed by atoms with van der Waals surface area (Å²) in [5.41, 5.74) is -1.38. The molecule has 0 rings (SSSR count). The van der Waals surface area contributed by atoms with Crippen molar-refractivity contribution in [2.24, 2.45) is 28.1 Å². The minimum Gasteiger partial charge on any atom is -0.460 e. The Kier molecular flexibility index (Phi) is 35.6. The van der Waals surface area contributed by atoms with Crippen LogP contribution in [0.25, 0.3) is 0 Å². The van der Waals surface area contributed by atoms with Gasteiger partial charge in [0.1, 0.15) is 5.60 Å². The predicted molar refractivity (Wildman–Crippen MR) is 248 cm³/mol. The summed E-state index contributed by atoms with van der Waals surface area (Å²) >= 11 is 3.43. The van der Waals surface area contributed by atoms with Crippen LogP contribution >= 0.6 is 23.5 Å². The van der Waals surface area contributed by atoms with E-state index in [1.807, 2.05) is 143 Å². The van der Waals surface area contributed by atoms with Crippen molar-refractivity contribution in [1.29, 1.82) is 0 Å². The molecule has 0 fully saturated rings. The zero-order valence-corrected chi connectivity index (χ0v) is 43.7. The Morgan fingerprint density at radius 1 is 0.519 bits per heavy atom. The molecular weight excluding hydrogens is 711 g/mol. The summed E-state index contributed by atoms with van der Waals surface area (Å²) in [5, 5.41) is 4.77. The first-order valence-corrected chi connectivity index (χ1v) is 22.1. The number of rotatable bonds is 6. The Bertz CT molecular complexity index is 801. The summed E-state index contributed by atoms with van der Waals surface area (Å²) in [6.45, 7) is 61.0. The molecule has 330 valence electrons. The highest BCUT2D eigenvalue weighted by molar-refractivity contribution is 8.14. The zero-order valence-electron chi connectivity index (χ0n) is 42.0. The standard InChI is InChI=1S/C9H19NO.C9H18O2.C9H18OS.C7H16.C6H14O.C6H14S/c1-8(2,3)7(11)10-9(4,5)6;2*1-8(2,3)7(10)11-9(4,5)6;1-6(2)5-7(3)4;2*1-5(2)7-6(3)4/h1-6H3,(H,10,11);2*1-6H3;6-7H,5H2,1-4H3;2*5-6H,1-4H3. The summed E-state index contributed by atoms with van der Waals surface area (Å²) in [6.07, 6.45) is 2.11. The Labute approximate surface area is 349 Å². The second-order valence-corrected chi connectivity index (χ2v) is 25.9. The van der Waals surface area contributed by atoms with E-state index in [1.165, 1.54) is 18.2 Å². The molecule has 0 saturated carbocycles. The van der Waals surface area contributed by atoms with Crippen LogP contribution in [0.1, 0.15) is 214 Å². The second kappa shape index (κ2) is 29.5. The summed E-state index contributed by atoms with van der Waals surface area (Å²) in [4.78, 5) is 34.1. The van der Waals surface area contributed by atoms with Gasteiger partial charge in [-0.2, -0.15) is 11.8 Å². The molecule has 0 atom stereocenters. The van der Waals surface area contributed by atoms with Gasteiger partial charge in [-0.25, -0.2) is 0 Å². The molecule has 0 saturated heterocycles. The van der Waals surface area contributed by atoms with Gasteiger partial charge in [0.25, 0.3) is 0 Å². The summed E-state index contributed by atoms with van der Waals surface area (Å²) < 4.78 is 10.5. The predicted octanol–water partition coefficient (Wildman–Crippen LogP) is 14.5. The number of hydrogen-bond donors (Lipinski definition) is 1. The summed E-state index contributed by atoms with van der Waals surface area (Å²) in [7, 11) is 0. The molecule has 0 heterocycles. The first-order valence-electron chi connectivity index (χ1n) is 20.4. The number of esters is 1. The van der Waals surface area contributed by atoms with Crippen molar-refractivity contribution < 1.29 is 23.9 Å². The third kappa shape index (κ3) is 66.1. The van der Waals surface area contributed by atoms with Crippen molar-refractivity contribution in [2.75, 3.05) is 0 Å². The van der Waals surface area contributed by atoms with E-state index >= 15 is 0 Å². The van der Waals surface area contributed by atoms with E-state index in [0.29, 0.717) is 12.2 Å². The molecule has 0 aliphatic carbocycles. The number of hydrogen-bond acceptors (Lipinski definition) is 7. The maximum Gasteiger partial charge on any atom is 0.311 e. The summed E-state index contributed by atoms with van der Waals surface area (Å²) in [6, 6.07) is 0. The van der Waals surface area contributed by atoms with Gasteiger partial charge in [0.15, 0.2) is 5.12 Å². The lowest BCUT2D eigenvalue weighted by Gasteiger charge is -2.26. The van der Waals surface area contributed by atoms with Crippen molar-refractivity contribution in [1.82, 2.24) is 5.32 Å². The average Bonchev–Trinajstić information content (AvgIpc) is 2.78. The molecule has 0 aliphatic heterocycles. The average molecular weight is 810 g/mol. The van der Waals surface area contributed by atoms with Gasteiger partial charge in [-0.15, -0.1) is 0 Å². The summed E-state index contributed by atoms with van der Waals surface area (Å²) in [5.74, 6) is 1.70. The maximum atomic E-state index is 11.4. The van der Waals surface area contributed by atoms with Crippen molar-refractivity contribution in [3.63, 3.8) is 0 Å². The maximum absolute atomic E-state index is 11.4. The molecule has 6 nitrogen and oxygen atoms in total. The molecule has 1 N–H and O–H groups in total. The number of nitrogens with one attached hydrogen (secondary N) is 1. The Hall–Kier alpha value is -0.730. The smallest absolute Gasteiger partial charge is 0.311 e. The fourth-order valence-electron chi connectivity index (χ4n) is 3.42. The number of thioether (sulfide) groups is 2. The van der Waals surface area contributed by atoms with Crippen LogP contribution in [0.5, 0.6) is 0 Å². The molecule has 0 radical (unpaired) electrons. The van der Waals surface area contributed by atoms with Gasteiger partial charge in [-0.1, -0.05) is 129 Å². The fraction of sp³-hybridized carbons (Fsp3) is 0.935. The molecule has 0 aliphatic rings. The molecule has 1 amide bonds. The number of carbonyl (C=O) groups is 3. The minimum absolute atomic E-state index is 0.0460. The molecule has 0 spiro atoms. The van der Waals surface area contributed by atoms with Gasteiger partial charge in [0, 0.05) is 21.1 Å². The normalized spacial score (nSPS) is 12.3. The fourth-order valence-corrected chi connectivity index (χ4v) is 5.37. The Balaban J connectivity index is -0.000000130. The van der Waals surface area contributed by atoms with E-state index in [2.05, 4.69) is 81.5 Å². The van der Waals surface area contributed by atoms with Crippen LogP contribution in [0.3, 0.4) is 0 Å². The number of carbonyl (C=O) groups excluding carboxylic acids is 3. The monoisotopic (exact) mass is 810 g/mol. The van der Waals surface area contributed by atoms with Crippen LogP contribution < -0.4 is 5.32 Å².